The number of rotatable bonds is 8. The molecule has 2 fully saturated rings. The molecule has 1 saturated heterocycles. The molecule has 1 atom stereocenters. The van der Waals surface area contributed by atoms with Gasteiger partial charge in [-0.25, -0.2) is 0 Å². The molecule has 20 heavy (non-hydrogen) atoms. The normalized spacial score (nSPS) is 22.1. The van der Waals surface area contributed by atoms with Gasteiger partial charge in [0.2, 0.25) is 0 Å². The van der Waals surface area contributed by atoms with E-state index in [0.29, 0.717) is 13.2 Å². The van der Waals surface area contributed by atoms with Gasteiger partial charge >= 0.3 is 0 Å². The van der Waals surface area contributed by atoms with Gasteiger partial charge in [0, 0.05) is 19.2 Å². The molecule has 1 aliphatic carbocycles. The summed E-state index contributed by atoms with van der Waals surface area (Å²) in [6.07, 6.45) is 3.90. The zero-order valence-electron chi connectivity index (χ0n) is 11.8. The minimum absolute atomic E-state index is 0.257. The predicted octanol–water partition coefficient (Wildman–Crippen LogP) is 2.12. The minimum atomic E-state index is 0.257. The van der Waals surface area contributed by atoms with Crippen LogP contribution in [0, 0.1) is 0 Å². The molecular weight excluding hydrogens is 254 g/mol. The molecule has 4 heteroatoms. The van der Waals surface area contributed by atoms with E-state index in [0.717, 1.165) is 38.0 Å². The maximum atomic E-state index is 5.74. The third-order valence-electron chi connectivity index (χ3n) is 3.66. The van der Waals surface area contributed by atoms with Crippen LogP contribution in [0.4, 0.5) is 0 Å². The summed E-state index contributed by atoms with van der Waals surface area (Å²) in [4.78, 5) is 0. The van der Waals surface area contributed by atoms with Crippen LogP contribution in [0.5, 0.6) is 5.75 Å². The van der Waals surface area contributed by atoms with Gasteiger partial charge in [-0.2, -0.15) is 0 Å². The smallest absolute Gasteiger partial charge is 0.119 e. The third kappa shape index (κ3) is 4.47. The van der Waals surface area contributed by atoms with Gasteiger partial charge in [0.05, 0.1) is 19.3 Å². The Morgan fingerprint density at radius 2 is 2.15 bits per heavy atom. The lowest BCUT2D eigenvalue weighted by molar-refractivity contribution is 0.0265. The molecule has 1 heterocycles. The summed E-state index contributed by atoms with van der Waals surface area (Å²) in [5.74, 6) is 0.923. The van der Waals surface area contributed by atoms with Crippen LogP contribution in [0.25, 0.3) is 0 Å². The second-order valence-corrected chi connectivity index (χ2v) is 5.51. The van der Waals surface area contributed by atoms with Crippen molar-refractivity contribution >= 4 is 0 Å². The van der Waals surface area contributed by atoms with Crippen LogP contribution in [0.1, 0.15) is 24.8 Å². The molecule has 0 spiro atoms. The molecule has 3 rings (SSSR count). The first-order chi connectivity index (χ1) is 9.90. The molecule has 0 radical (unpaired) electrons. The molecule has 0 bridgehead atoms. The van der Waals surface area contributed by atoms with Crippen molar-refractivity contribution in [1.29, 1.82) is 0 Å². The summed E-state index contributed by atoms with van der Waals surface area (Å²) in [5, 5.41) is 3.51. The fourth-order valence-corrected chi connectivity index (χ4v) is 2.31. The molecule has 1 unspecified atom stereocenters. The lowest BCUT2D eigenvalue weighted by atomic mass is 10.2. The van der Waals surface area contributed by atoms with E-state index in [9.17, 15) is 0 Å². The molecule has 4 nitrogen and oxygen atoms in total. The zero-order chi connectivity index (χ0) is 13.6. The molecule has 1 aliphatic heterocycles. The first kappa shape index (κ1) is 13.9. The van der Waals surface area contributed by atoms with Crippen LogP contribution < -0.4 is 10.1 Å². The van der Waals surface area contributed by atoms with Crippen molar-refractivity contribution in [3.05, 3.63) is 29.8 Å². The van der Waals surface area contributed by atoms with Gasteiger partial charge in [-0.3, -0.25) is 0 Å². The van der Waals surface area contributed by atoms with Gasteiger partial charge in [-0.15, -0.1) is 0 Å². The summed E-state index contributed by atoms with van der Waals surface area (Å²) in [5.41, 5.74) is 1.28. The largest absolute Gasteiger partial charge is 0.491 e. The molecule has 1 aromatic carbocycles. The SMILES string of the molecule is c1cc(CNC2CC2)cc(OCCOC2CCOC2)c1. The zero-order valence-corrected chi connectivity index (χ0v) is 11.8. The van der Waals surface area contributed by atoms with E-state index >= 15 is 0 Å². The summed E-state index contributed by atoms with van der Waals surface area (Å²) < 4.78 is 16.7. The first-order valence-corrected chi connectivity index (χ1v) is 7.54. The lowest BCUT2D eigenvalue weighted by Crippen LogP contribution is -2.17. The van der Waals surface area contributed by atoms with Crippen LogP contribution in [0.2, 0.25) is 0 Å². The maximum absolute atomic E-state index is 5.74. The quantitative estimate of drug-likeness (QED) is 0.739. The Bertz CT molecular complexity index is 414. The molecule has 1 aromatic rings. The van der Waals surface area contributed by atoms with Crippen LogP contribution in [-0.2, 0) is 16.0 Å². The number of benzene rings is 1. The summed E-state index contributed by atoms with van der Waals surface area (Å²) in [7, 11) is 0. The highest BCUT2D eigenvalue weighted by Crippen LogP contribution is 2.20. The van der Waals surface area contributed by atoms with Gasteiger partial charge < -0.3 is 19.5 Å². The number of hydrogen-bond donors (Lipinski definition) is 1. The molecule has 2 aliphatic rings. The first-order valence-electron chi connectivity index (χ1n) is 7.54. The van der Waals surface area contributed by atoms with Gasteiger partial charge in [0.1, 0.15) is 12.4 Å². The van der Waals surface area contributed by atoms with Crippen molar-refractivity contribution in [2.45, 2.75) is 38.0 Å². The second-order valence-electron chi connectivity index (χ2n) is 5.51. The second kappa shape index (κ2) is 7.07. The Hall–Kier alpha value is -1.10. The van der Waals surface area contributed by atoms with Gasteiger partial charge in [-0.05, 0) is 37.0 Å². The van der Waals surface area contributed by atoms with E-state index < -0.39 is 0 Å². The number of hydrogen-bond acceptors (Lipinski definition) is 4. The van der Waals surface area contributed by atoms with Crippen molar-refractivity contribution in [1.82, 2.24) is 5.32 Å². The van der Waals surface area contributed by atoms with Gasteiger partial charge in [-0.1, -0.05) is 12.1 Å². The van der Waals surface area contributed by atoms with Crippen LogP contribution in [0.15, 0.2) is 24.3 Å². The molecule has 110 valence electrons. The number of nitrogens with one attached hydrogen (secondary N) is 1. The topological polar surface area (TPSA) is 39.7 Å². The van der Waals surface area contributed by atoms with Crippen molar-refractivity contribution in [2.24, 2.45) is 0 Å². The predicted molar refractivity (Wildman–Crippen MR) is 77.0 cm³/mol. The Labute approximate surface area is 120 Å². The highest BCUT2D eigenvalue weighted by Gasteiger charge is 2.19. The Balaban J connectivity index is 1.36. The van der Waals surface area contributed by atoms with E-state index in [1.165, 1.54) is 18.4 Å². The van der Waals surface area contributed by atoms with Crippen LogP contribution in [0.3, 0.4) is 0 Å². The average Bonchev–Trinajstić information content (AvgIpc) is 3.17. The van der Waals surface area contributed by atoms with E-state index in [1.807, 2.05) is 12.1 Å². The molecule has 1 N–H and O–H groups in total. The highest BCUT2D eigenvalue weighted by atomic mass is 16.6. The van der Waals surface area contributed by atoms with E-state index in [1.54, 1.807) is 0 Å². The monoisotopic (exact) mass is 277 g/mol. The number of ether oxygens (including phenoxy) is 3. The summed E-state index contributed by atoms with van der Waals surface area (Å²) in [6.45, 7) is 3.69. The summed E-state index contributed by atoms with van der Waals surface area (Å²) >= 11 is 0. The Morgan fingerprint density at radius 1 is 1.20 bits per heavy atom. The third-order valence-corrected chi connectivity index (χ3v) is 3.66. The van der Waals surface area contributed by atoms with Crippen LogP contribution in [-0.4, -0.2) is 38.6 Å². The Kier molecular flexibility index (Phi) is 4.90. The average molecular weight is 277 g/mol. The molecule has 0 amide bonds. The van der Waals surface area contributed by atoms with E-state index in [4.69, 9.17) is 14.2 Å². The fourth-order valence-electron chi connectivity index (χ4n) is 2.31. The molecule has 1 saturated carbocycles. The van der Waals surface area contributed by atoms with Crippen molar-refractivity contribution < 1.29 is 14.2 Å². The lowest BCUT2D eigenvalue weighted by Gasteiger charge is -2.11. The molecule has 0 aromatic heterocycles. The van der Waals surface area contributed by atoms with Crippen molar-refractivity contribution in [2.75, 3.05) is 26.4 Å². The van der Waals surface area contributed by atoms with Crippen LogP contribution >= 0.6 is 0 Å². The van der Waals surface area contributed by atoms with Gasteiger partial charge in [0.25, 0.3) is 0 Å². The van der Waals surface area contributed by atoms with Crippen molar-refractivity contribution in [3.8, 4) is 5.75 Å². The highest BCUT2D eigenvalue weighted by molar-refractivity contribution is 5.28. The van der Waals surface area contributed by atoms with Crippen molar-refractivity contribution in [3.63, 3.8) is 0 Å². The maximum Gasteiger partial charge on any atom is 0.119 e. The van der Waals surface area contributed by atoms with E-state index in [2.05, 4.69) is 17.4 Å². The minimum Gasteiger partial charge on any atom is -0.491 e. The van der Waals surface area contributed by atoms with Gasteiger partial charge in [0.15, 0.2) is 0 Å². The summed E-state index contributed by atoms with van der Waals surface area (Å²) in [6, 6.07) is 9.02. The Morgan fingerprint density at radius 3 is 2.95 bits per heavy atom. The van der Waals surface area contributed by atoms with E-state index in [-0.39, 0.29) is 6.10 Å². The fraction of sp³-hybridized carbons (Fsp3) is 0.625. The standard InChI is InChI=1S/C16H23NO3/c1-2-13(11-17-14-4-5-14)10-15(3-1)19-8-9-20-16-6-7-18-12-16/h1-3,10,14,16-17H,4-9,11-12H2. The molecular formula is C16H23NO3.